The third-order valence-corrected chi connectivity index (χ3v) is 1.09. The molecule has 0 unspecified atom stereocenters. The summed E-state index contributed by atoms with van der Waals surface area (Å²) in [5.41, 5.74) is 4.79. The van der Waals surface area contributed by atoms with Crippen LogP contribution in [0, 0.1) is 11.3 Å². The van der Waals surface area contributed by atoms with E-state index in [0.717, 1.165) is 0 Å². The number of aromatic nitrogens is 1. The van der Waals surface area contributed by atoms with Crippen molar-refractivity contribution in [3.05, 3.63) is 24.0 Å². The first-order valence-corrected chi connectivity index (χ1v) is 3.06. The second kappa shape index (κ2) is 3.34. The Morgan fingerprint density at radius 1 is 1.75 bits per heavy atom. The van der Waals surface area contributed by atoms with E-state index in [2.05, 4.69) is 9.72 Å². The van der Waals surface area contributed by atoms with Gasteiger partial charge in [-0.25, -0.2) is 9.78 Å². The molecule has 60 valence electrons. The molecule has 0 aromatic carbocycles. The minimum atomic E-state index is -0.959. The summed E-state index contributed by atoms with van der Waals surface area (Å²) in [5, 5.41) is 8.49. The van der Waals surface area contributed by atoms with Gasteiger partial charge in [-0.1, -0.05) is 0 Å². The number of carbonyl (C=O) groups is 1. The SMILES string of the molecule is N#Cc1ncccc1OC(N)=O. The van der Waals surface area contributed by atoms with Gasteiger partial charge in [-0.2, -0.15) is 5.26 Å². The van der Waals surface area contributed by atoms with Gasteiger partial charge in [-0.05, 0) is 12.1 Å². The van der Waals surface area contributed by atoms with Crippen molar-refractivity contribution in [2.24, 2.45) is 5.73 Å². The average molecular weight is 163 g/mol. The molecule has 5 heteroatoms. The zero-order valence-electron chi connectivity index (χ0n) is 6.02. The minimum Gasteiger partial charge on any atom is -0.407 e. The predicted octanol–water partition coefficient (Wildman–Crippen LogP) is 0.411. The number of nitriles is 1. The van der Waals surface area contributed by atoms with E-state index in [-0.39, 0.29) is 11.4 Å². The molecule has 0 aliphatic rings. The molecule has 1 rings (SSSR count). The molecule has 2 N–H and O–H groups in total. The number of carbonyl (C=O) groups excluding carboxylic acids is 1. The molecule has 0 bridgehead atoms. The quantitative estimate of drug-likeness (QED) is 0.649. The summed E-state index contributed by atoms with van der Waals surface area (Å²) in [6.07, 6.45) is 0.464. The van der Waals surface area contributed by atoms with E-state index in [1.807, 2.05) is 0 Å². The normalized spacial score (nSPS) is 8.58. The van der Waals surface area contributed by atoms with E-state index in [1.54, 1.807) is 12.1 Å². The number of nitrogens with zero attached hydrogens (tertiary/aromatic N) is 2. The smallest absolute Gasteiger partial charge is 0.407 e. The van der Waals surface area contributed by atoms with Crippen molar-refractivity contribution in [3.63, 3.8) is 0 Å². The fourth-order valence-electron chi connectivity index (χ4n) is 0.665. The van der Waals surface area contributed by atoms with Crippen LogP contribution in [0.4, 0.5) is 4.79 Å². The fourth-order valence-corrected chi connectivity index (χ4v) is 0.665. The van der Waals surface area contributed by atoms with Gasteiger partial charge in [0.1, 0.15) is 6.07 Å². The van der Waals surface area contributed by atoms with Gasteiger partial charge in [-0.3, -0.25) is 0 Å². The molecule has 5 nitrogen and oxygen atoms in total. The Balaban J connectivity index is 2.99. The lowest BCUT2D eigenvalue weighted by molar-refractivity contribution is 0.210. The molecular weight excluding hydrogens is 158 g/mol. The zero-order chi connectivity index (χ0) is 8.97. The number of hydrogen-bond acceptors (Lipinski definition) is 4. The van der Waals surface area contributed by atoms with Gasteiger partial charge < -0.3 is 10.5 Å². The highest BCUT2D eigenvalue weighted by molar-refractivity contribution is 5.68. The van der Waals surface area contributed by atoms with Crippen LogP contribution >= 0.6 is 0 Å². The van der Waals surface area contributed by atoms with Crippen LogP contribution in [0.1, 0.15) is 5.69 Å². The Hall–Kier alpha value is -2.09. The summed E-state index contributed by atoms with van der Waals surface area (Å²) in [7, 11) is 0. The van der Waals surface area contributed by atoms with Gasteiger partial charge in [0.05, 0.1) is 0 Å². The van der Waals surface area contributed by atoms with Gasteiger partial charge in [0.2, 0.25) is 0 Å². The van der Waals surface area contributed by atoms with E-state index in [4.69, 9.17) is 11.0 Å². The van der Waals surface area contributed by atoms with E-state index in [0.29, 0.717) is 0 Å². The molecule has 0 radical (unpaired) electrons. The van der Waals surface area contributed by atoms with Crippen LogP contribution in [0.25, 0.3) is 0 Å². The largest absolute Gasteiger partial charge is 0.410 e. The average Bonchev–Trinajstić information content (AvgIpc) is 2.04. The van der Waals surface area contributed by atoms with Gasteiger partial charge in [0.25, 0.3) is 0 Å². The highest BCUT2D eigenvalue weighted by atomic mass is 16.5. The highest BCUT2D eigenvalue weighted by Crippen LogP contribution is 2.13. The van der Waals surface area contributed by atoms with Gasteiger partial charge in [-0.15, -0.1) is 0 Å². The van der Waals surface area contributed by atoms with Crippen molar-refractivity contribution < 1.29 is 9.53 Å². The molecule has 1 amide bonds. The Labute approximate surface area is 68.4 Å². The number of primary amides is 1. The first-order valence-electron chi connectivity index (χ1n) is 3.06. The molecule has 0 aliphatic heterocycles. The molecular formula is C7H5N3O2. The lowest BCUT2D eigenvalue weighted by Crippen LogP contribution is -2.17. The van der Waals surface area contributed by atoms with E-state index >= 15 is 0 Å². The maximum atomic E-state index is 10.3. The van der Waals surface area contributed by atoms with Crippen LogP contribution in [0.3, 0.4) is 0 Å². The highest BCUT2D eigenvalue weighted by Gasteiger charge is 2.05. The minimum absolute atomic E-state index is 0.0382. The Morgan fingerprint density at radius 2 is 2.50 bits per heavy atom. The summed E-state index contributed by atoms with van der Waals surface area (Å²) in [6.45, 7) is 0. The summed E-state index contributed by atoms with van der Waals surface area (Å²) >= 11 is 0. The fraction of sp³-hybridized carbons (Fsp3) is 0. The molecule has 0 aliphatic carbocycles. The van der Waals surface area contributed by atoms with Crippen LogP contribution in [-0.4, -0.2) is 11.1 Å². The first kappa shape index (κ1) is 8.01. The number of nitrogens with two attached hydrogens (primary N) is 1. The zero-order valence-corrected chi connectivity index (χ0v) is 6.02. The van der Waals surface area contributed by atoms with E-state index < -0.39 is 6.09 Å². The van der Waals surface area contributed by atoms with Gasteiger partial charge >= 0.3 is 6.09 Å². The van der Waals surface area contributed by atoms with E-state index in [1.165, 1.54) is 12.3 Å². The Bertz CT molecular complexity index is 343. The van der Waals surface area contributed by atoms with Gasteiger partial charge in [0.15, 0.2) is 11.4 Å². The molecule has 0 spiro atoms. The number of rotatable bonds is 1. The monoisotopic (exact) mass is 163 g/mol. The van der Waals surface area contributed by atoms with Crippen molar-refractivity contribution in [1.82, 2.24) is 4.98 Å². The lowest BCUT2D eigenvalue weighted by atomic mass is 10.3. The molecule has 0 fully saturated rings. The van der Waals surface area contributed by atoms with Crippen LogP contribution in [0.2, 0.25) is 0 Å². The maximum Gasteiger partial charge on any atom is 0.410 e. The molecule has 0 saturated heterocycles. The predicted molar refractivity (Wildman–Crippen MR) is 39.2 cm³/mol. The number of ether oxygens (including phenoxy) is 1. The van der Waals surface area contributed by atoms with Crippen LogP contribution in [0.5, 0.6) is 5.75 Å². The van der Waals surface area contributed by atoms with Crippen molar-refractivity contribution in [1.29, 1.82) is 5.26 Å². The van der Waals surface area contributed by atoms with E-state index in [9.17, 15) is 4.79 Å². The van der Waals surface area contributed by atoms with Crippen molar-refractivity contribution in [3.8, 4) is 11.8 Å². The molecule has 1 aromatic heterocycles. The summed E-state index contributed by atoms with van der Waals surface area (Å²) < 4.78 is 4.49. The second-order valence-corrected chi connectivity index (χ2v) is 1.88. The Kier molecular flexibility index (Phi) is 2.23. The van der Waals surface area contributed by atoms with Crippen LogP contribution < -0.4 is 10.5 Å². The number of hydrogen-bond donors (Lipinski definition) is 1. The second-order valence-electron chi connectivity index (χ2n) is 1.88. The first-order chi connectivity index (χ1) is 5.74. The van der Waals surface area contributed by atoms with Gasteiger partial charge in [0, 0.05) is 6.20 Å². The third kappa shape index (κ3) is 1.70. The van der Waals surface area contributed by atoms with Crippen LogP contribution in [0.15, 0.2) is 18.3 Å². The molecule has 12 heavy (non-hydrogen) atoms. The molecule has 1 heterocycles. The summed E-state index contributed by atoms with van der Waals surface area (Å²) in [5.74, 6) is 0.0764. The van der Waals surface area contributed by atoms with Crippen molar-refractivity contribution in [2.75, 3.05) is 0 Å². The summed E-state index contributed by atoms with van der Waals surface area (Å²) in [4.78, 5) is 14.0. The van der Waals surface area contributed by atoms with Crippen molar-refractivity contribution >= 4 is 6.09 Å². The maximum absolute atomic E-state index is 10.3. The topological polar surface area (TPSA) is 89.0 Å². The molecule has 0 atom stereocenters. The third-order valence-electron chi connectivity index (χ3n) is 1.09. The molecule has 0 saturated carbocycles. The lowest BCUT2D eigenvalue weighted by Gasteiger charge is -1.99. The Morgan fingerprint density at radius 3 is 3.08 bits per heavy atom. The summed E-state index contributed by atoms with van der Waals surface area (Å²) in [6, 6.07) is 4.74. The van der Waals surface area contributed by atoms with Crippen molar-refractivity contribution in [2.45, 2.75) is 0 Å². The number of pyridine rings is 1. The standard InChI is InChI=1S/C7H5N3O2/c8-4-5-6(12-7(9)11)2-1-3-10-5/h1-3H,(H2,9,11). The van der Waals surface area contributed by atoms with Crippen LogP contribution in [-0.2, 0) is 0 Å². The number of amides is 1. The molecule has 1 aromatic rings.